The molecule has 0 aliphatic carbocycles. The fraction of sp³-hybridized carbons (Fsp3) is 0.143. The summed E-state index contributed by atoms with van der Waals surface area (Å²) in [6.07, 6.45) is 0. The predicted molar refractivity (Wildman–Crippen MR) is 78.1 cm³/mol. The van der Waals surface area contributed by atoms with Crippen LogP contribution in [0.15, 0.2) is 46.9 Å². The van der Waals surface area contributed by atoms with E-state index in [-0.39, 0.29) is 11.4 Å². The maximum Gasteiger partial charge on any atom is 0.314 e. The summed E-state index contributed by atoms with van der Waals surface area (Å²) in [7, 11) is 1.39. The van der Waals surface area contributed by atoms with Gasteiger partial charge < -0.3 is 9.47 Å². The maximum atomic E-state index is 10.9. The van der Waals surface area contributed by atoms with E-state index in [9.17, 15) is 10.1 Å². The molecule has 2 aromatic carbocycles. The highest BCUT2D eigenvalue weighted by Gasteiger charge is 2.15. The number of halogens is 1. The average molecular weight is 338 g/mol. The van der Waals surface area contributed by atoms with Crippen LogP contribution in [0.2, 0.25) is 0 Å². The summed E-state index contributed by atoms with van der Waals surface area (Å²) in [6, 6.07) is 12.2. The van der Waals surface area contributed by atoms with Gasteiger partial charge in [-0.2, -0.15) is 0 Å². The molecule has 0 amide bonds. The maximum absolute atomic E-state index is 10.9. The van der Waals surface area contributed by atoms with E-state index in [1.807, 2.05) is 24.3 Å². The van der Waals surface area contributed by atoms with Crippen LogP contribution in [0.1, 0.15) is 5.56 Å². The highest BCUT2D eigenvalue weighted by Crippen LogP contribution is 2.31. The van der Waals surface area contributed by atoms with Crippen molar-refractivity contribution in [2.75, 3.05) is 7.11 Å². The summed E-state index contributed by atoms with van der Waals surface area (Å²) < 4.78 is 11.5. The van der Waals surface area contributed by atoms with E-state index in [1.165, 1.54) is 19.2 Å². The van der Waals surface area contributed by atoms with Gasteiger partial charge in [-0.3, -0.25) is 10.1 Å². The summed E-state index contributed by atoms with van der Waals surface area (Å²) in [6.45, 7) is 0.344. The molecule has 0 N–H and O–H groups in total. The van der Waals surface area contributed by atoms with E-state index in [0.717, 1.165) is 10.0 Å². The largest absolute Gasteiger partial charge is 0.490 e. The van der Waals surface area contributed by atoms with Crippen LogP contribution in [0.5, 0.6) is 11.5 Å². The lowest BCUT2D eigenvalue weighted by atomic mass is 10.2. The zero-order chi connectivity index (χ0) is 14.5. The van der Waals surface area contributed by atoms with Crippen molar-refractivity contribution < 1.29 is 14.4 Å². The second-order valence-electron chi connectivity index (χ2n) is 4.01. The third-order valence-corrected chi connectivity index (χ3v) is 3.19. The van der Waals surface area contributed by atoms with Crippen molar-refractivity contribution in [3.8, 4) is 11.5 Å². The topological polar surface area (TPSA) is 61.6 Å². The first-order valence-corrected chi connectivity index (χ1v) is 6.59. The molecule has 0 spiro atoms. The standard InChI is InChI=1S/C14H12BrNO4/c1-19-14-7-6-12(8-13(14)16(17)18)20-9-10-2-4-11(15)5-3-10/h2-8H,9H2,1H3. The Balaban J connectivity index is 2.11. The van der Waals surface area contributed by atoms with Crippen LogP contribution >= 0.6 is 15.9 Å². The molecular formula is C14H12BrNO4. The van der Waals surface area contributed by atoms with Crippen molar-refractivity contribution in [2.45, 2.75) is 6.61 Å². The van der Waals surface area contributed by atoms with Crippen LogP contribution in [0, 0.1) is 10.1 Å². The molecule has 0 radical (unpaired) electrons. The summed E-state index contributed by atoms with van der Waals surface area (Å²) >= 11 is 3.35. The number of nitro groups is 1. The number of nitrogens with zero attached hydrogens (tertiary/aromatic N) is 1. The van der Waals surface area contributed by atoms with Gasteiger partial charge in [-0.15, -0.1) is 0 Å². The number of nitro benzene ring substituents is 1. The molecule has 2 aromatic rings. The molecule has 0 saturated carbocycles. The highest BCUT2D eigenvalue weighted by molar-refractivity contribution is 9.10. The van der Waals surface area contributed by atoms with Gasteiger partial charge in [-0.05, 0) is 29.8 Å². The van der Waals surface area contributed by atoms with Crippen LogP contribution in [-0.4, -0.2) is 12.0 Å². The lowest BCUT2D eigenvalue weighted by Crippen LogP contribution is -1.98. The molecule has 6 heteroatoms. The van der Waals surface area contributed by atoms with E-state index < -0.39 is 4.92 Å². The van der Waals surface area contributed by atoms with Gasteiger partial charge in [0.25, 0.3) is 0 Å². The first-order valence-electron chi connectivity index (χ1n) is 5.80. The monoisotopic (exact) mass is 337 g/mol. The number of rotatable bonds is 5. The molecule has 104 valence electrons. The van der Waals surface area contributed by atoms with Gasteiger partial charge >= 0.3 is 5.69 Å². The van der Waals surface area contributed by atoms with Crippen LogP contribution < -0.4 is 9.47 Å². The van der Waals surface area contributed by atoms with Gasteiger partial charge in [0.2, 0.25) is 0 Å². The van der Waals surface area contributed by atoms with Gasteiger partial charge in [0.05, 0.1) is 18.1 Å². The Labute approximate surface area is 124 Å². The molecule has 0 heterocycles. The van der Waals surface area contributed by atoms with Crippen molar-refractivity contribution in [1.82, 2.24) is 0 Å². The molecule has 2 rings (SSSR count). The second-order valence-corrected chi connectivity index (χ2v) is 4.92. The minimum absolute atomic E-state index is 0.110. The van der Waals surface area contributed by atoms with Gasteiger partial charge in [-0.1, -0.05) is 28.1 Å². The van der Waals surface area contributed by atoms with E-state index in [1.54, 1.807) is 6.07 Å². The summed E-state index contributed by atoms with van der Waals surface area (Å²) in [5.74, 6) is 0.645. The zero-order valence-electron chi connectivity index (χ0n) is 10.7. The van der Waals surface area contributed by atoms with E-state index in [0.29, 0.717) is 12.4 Å². The molecule has 20 heavy (non-hydrogen) atoms. The minimum atomic E-state index is -0.495. The Hall–Kier alpha value is -2.08. The van der Waals surface area contributed by atoms with E-state index in [2.05, 4.69) is 15.9 Å². The molecule has 0 aliphatic rings. The molecule has 0 aliphatic heterocycles. The number of ether oxygens (including phenoxy) is 2. The van der Waals surface area contributed by atoms with Gasteiger partial charge in [-0.25, -0.2) is 0 Å². The number of hydrogen-bond donors (Lipinski definition) is 0. The van der Waals surface area contributed by atoms with E-state index in [4.69, 9.17) is 9.47 Å². The Morgan fingerprint density at radius 2 is 1.90 bits per heavy atom. The Kier molecular flexibility index (Phi) is 4.57. The normalized spacial score (nSPS) is 10.1. The number of hydrogen-bond acceptors (Lipinski definition) is 4. The first kappa shape index (κ1) is 14.3. The molecule has 0 saturated heterocycles. The molecule has 0 aromatic heterocycles. The molecular weight excluding hydrogens is 326 g/mol. The number of benzene rings is 2. The Bertz CT molecular complexity index is 613. The van der Waals surface area contributed by atoms with Crippen LogP contribution in [0.3, 0.4) is 0 Å². The predicted octanol–water partition coefficient (Wildman–Crippen LogP) is 3.94. The Morgan fingerprint density at radius 3 is 2.50 bits per heavy atom. The summed E-state index contributed by atoms with van der Waals surface area (Å²) in [5.41, 5.74) is 0.868. The highest BCUT2D eigenvalue weighted by atomic mass is 79.9. The second kappa shape index (κ2) is 6.38. The molecule has 0 unspecified atom stereocenters. The SMILES string of the molecule is COc1ccc(OCc2ccc(Br)cc2)cc1[N+](=O)[O-]. The quantitative estimate of drug-likeness (QED) is 0.612. The smallest absolute Gasteiger partial charge is 0.314 e. The zero-order valence-corrected chi connectivity index (χ0v) is 12.3. The molecule has 0 bridgehead atoms. The first-order chi connectivity index (χ1) is 9.60. The third-order valence-electron chi connectivity index (χ3n) is 2.67. The van der Waals surface area contributed by atoms with Crippen molar-refractivity contribution in [3.63, 3.8) is 0 Å². The third kappa shape index (κ3) is 3.48. The van der Waals surface area contributed by atoms with Gasteiger partial charge in [0.15, 0.2) is 5.75 Å². The minimum Gasteiger partial charge on any atom is -0.490 e. The molecule has 0 atom stereocenters. The van der Waals surface area contributed by atoms with Gasteiger partial charge in [0, 0.05) is 4.47 Å². The summed E-state index contributed by atoms with van der Waals surface area (Å²) in [5, 5.41) is 10.9. The van der Waals surface area contributed by atoms with Crippen molar-refractivity contribution >= 4 is 21.6 Å². The fourth-order valence-electron chi connectivity index (χ4n) is 1.65. The summed E-state index contributed by atoms with van der Waals surface area (Å²) in [4.78, 5) is 10.4. The molecule has 5 nitrogen and oxygen atoms in total. The van der Waals surface area contributed by atoms with Crippen molar-refractivity contribution in [2.24, 2.45) is 0 Å². The fourth-order valence-corrected chi connectivity index (χ4v) is 1.91. The van der Waals surface area contributed by atoms with Crippen LogP contribution in [0.4, 0.5) is 5.69 Å². The number of methoxy groups -OCH3 is 1. The van der Waals surface area contributed by atoms with Gasteiger partial charge in [0.1, 0.15) is 12.4 Å². The van der Waals surface area contributed by atoms with Crippen LogP contribution in [0.25, 0.3) is 0 Å². The Morgan fingerprint density at radius 1 is 1.20 bits per heavy atom. The lowest BCUT2D eigenvalue weighted by Gasteiger charge is -2.08. The molecule has 0 fully saturated rings. The van der Waals surface area contributed by atoms with Crippen molar-refractivity contribution in [1.29, 1.82) is 0 Å². The van der Waals surface area contributed by atoms with E-state index >= 15 is 0 Å². The van der Waals surface area contributed by atoms with Crippen molar-refractivity contribution in [3.05, 3.63) is 62.6 Å². The average Bonchev–Trinajstić information content (AvgIpc) is 2.46. The van der Waals surface area contributed by atoms with Crippen LogP contribution in [-0.2, 0) is 6.61 Å². The lowest BCUT2D eigenvalue weighted by molar-refractivity contribution is -0.385.